The number of anilines is 2. The Balaban J connectivity index is 2.00. The zero-order valence-electron chi connectivity index (χ0n) is 11.9. The third-order valence-corrected chi connectivity index (χ3v) is 3.67. The molecule has 0 amide bonds. The van der Waals surface area contributed by atoms with Crippen molar-refractivity contribution in [3.05, 3.63) is 0 Å². The zero-order chi connectivity index (χ0) is 13.7. The van der Waals surface area contributed by atoms with Gasteiger partial charge in [0.25, 0.3) is 0 Å². The number of ether oxygens (including phenoxy) is 1. The van der Waals surface area contributed by atoms with E-state index in [1.165, 1.54) is 19.3 Å². The molecular formula is C13H23N5O. The Morgan fingerprint density at radius 2 is 2.00 bits per heavy atom. The van der Waals surface area contributed by atoms with Crippen molar-refractivity contribution in [2.24, 2.45) is 11.8 Å². The maximum atomic E-state index is 5.34. The Morgan fingerprint density at radius 1 is 1.21 bits per heavy atom. The first kappa shape index (κ1) is 13.8. The van der Waals surface area contributed by atoms with Crippen LogP contribution in [0.1, 0.15) is 33.1 Å². The summed E-state index contributed by atoms with van der Waals surface area (Å²) < 4.78 is 5.34. The third-order valence-electron chi connectivity index (χ3n) is 3.67. The van der Waals surface area contributed by atoms with Crippen molar-refractivity contribution in [1.29, 1.82) is 0 Å². The van der Waals surface area contributed by atoms with Gasteiger partial charge in [-0.1, -0.05) is 19.8 Å². The van der Waals surface area contributed by atoms with Gasteiger partial charge in [-0.15, -0.1) is 0 Å². The summed E-state index contributed by atoms with van der Waals surface area (Å²) in [6.07, 6.45) is 3.95. The fourth-order valence-electron chi connectivity index (χ4n) is 2.49. The Morgan fingerprint density at radius 3 is 2.63 bits per heavy atom. The number of hydrogen-bond acceptors (Lipinski definition) is 6. The largest absolute Gasteiger partial charge is 0.464 e. The number of hydrogen-bond donors (Lipinski definition) is 2. The lowest BCUT2D eigenvalue weighted by Gasteiger charge is -2.16. The van der Waals surface area contributed by atoms with Crippen LogP contribution in [0.15, 0.2) is 0 Å². The van der Waals surface area contributed by atoms with Crippen LogP contribution in [0.2, 0.25) is 0 Å². The van der Waals surface area contributed by atoms with Gasteiger partial charge in [-0.2, -0.15) is 15.0 Å². The summed E-state index contributed by atoms with van der Waals surface area (Å²) in [7, 11) is 1.79. The predicted octanol–water partition coefficient (Wildman–Crippen LogP) is 2.16. The number of rotatable bonds is 6. The molecule has 0 aliphatic heterocycles. The van der Waals surface area contributed by atoms with E-state index >= 15 is 0 Å². The van der Waals surface area contributed by atoms with Crippen molar-refractivity contribution in [3.8, 4) is 6.01 Å². The summed E-state index contributed by atoms with van der Waals surface area (Å²) in [5.74, 6) is 2.61. The van der Waals surface area contributed by atoms with E-state index < -0.39 is 0 Å². The smallest absolute Gasteiger partial charge is 0.323 e. The molecule has 1 aromatic rings. The molecule has 1 fully saturated rings. The van der Waals surface area contributed by atoms with Crippen LogP contribution in [0.5, 0.6) is 6.01 Å². The average molecular weight is 265 g/mol. The summed E-state index contributed by atoms with van der Waals surface area (Å²) in [6.45, 7) is 5.69. The summed E-state index contributed by atoms with van der Waals surface area (Å²) >= 11 is 0. The second-order valence-electron chi connectivity index (χ2n) is 5.00. The molecule has 2 unspecified atom stereocenters. The van der Waals surface area contributed by atoms with E-state index in [1.54, 1.807) is 7.05 Å². The molecule has 1 aromatic heterocycles. The maximum absolute atomic E-state index is 5.34. The molecule has 1 heterocycles. The van der Waals surface area contributed by atoms with Crippen LogP contribution in [0, 0.1) is 11.8 Å². The van der Waals surface area contributed by atoms with Crippen molar-refractivity contribution in [2.75, 3.05) is 30.8 Å². The van der Waals surface area contributed by atoms with Gasteiger partial charge in [-0.05, 0) is 25.2 Å². The summed E-state index contributed by atoms with van der Waals surface area (Å²) in [4.78, 5) is 12.7. The SMILES string of the molecule is CCOc1nc(NC)nc(NCC2CCCC2C)n1. The van der Waals surface area contributed by atoms with E-state index in [9.17, 15) is 0 Å². The van der Waals surface area contributed by atoms with Crippen molar-refractivity contribution in [1.82, 2.24) is 15.0 Å². The normalized spacial score (nSPS) is 22.3. The highest BCUT2D eigenvalue weighted by atomic mass is 16.5. The molecule has 1 saturated carbocycles. The Kier molecular flexibility index (Phi) is 4.76. The molecule has 106 valence electrons. The van der Waals surface area contributed by atoms with Gasteiger partial charge in [0.1, 0.15) is 0 Å². The van der Waals surface area contributed by atoms with Gasteiger partial charge in [0.2, 0.25) is 11.9 Å². The van der Waals surface area contributed by atoms with Crippen LogP contribution in [0.25, 0.3) is 0 Å². The highest BCUT2D eigenvalue weighted by Gasteiger charge is 2.23. The fraction of sp³-hybridized carbons (Fsp3) is 0.769. The molecule has 1 aliphatic rings. The fourth-order valence-corrected chi connectivity index (χ4v) is 2.49. The van der Waals surface area contributed by atoms with Gasteiger partial charge < -0.3 is 15.4 Å². The molecule has 19 heavy (non-hydrogen) atoms. The Hall–Kier alpha value is -1.59. The topological polar surface area (TPSA) is 72.0 Å². The molecule has 0 spiro atoms. The molecule has 2 N–H and O–H groups in total. The van der Waals surface area contributed by atoms with E-state index in [4.69, 9.17) is 4.74 Å². The monoisotopic (exact) mass is 265 g/mol. The van der Waals surface area contributed by atoms with E-state index in [2.05, 4.69) is 32.5 Å². The first-order valence-electron chi connectivity index (χ1n) is 7.03. The van der Waals surface area contributed by atoms with Gasteiger partial charge in [0.15, 0.2) is 0 Å². The molecule has 6 heteroatoms. The number of aromatic nitrogens is 3. The van der Waals surface area contributed by atoms with Crippen LogP contribution in [0.3, 0.4) is 0 Å². The van der Waals surface area contributed by atoms with Gasteiger partial charge in [-0.25, -0.2) is 0 Å². The quantitative estimate of drug-likeness (QED) is 0.821. The minimum absolute atomic E-state index is 0.365. The van der Waals surface area contributed by atoms with Crippen LogP contribution in [0.4, 0.5) is 11.9 Å². The molecule has 2 atom stereocenters. The lowest BCUT2D eigenvalue weighted by atomic mass is 9.98. The highest BCUT2D eigenvalue weighted by Crippen LogP contribution is 2.31. The molecule has 6 nitrogen and oxygen atoms in total. The van der Waals surface area contributed by atoms with Gasteiger partial charge >= 0.3 is 6.01 Å². The van der Waals surface area contributed by atoms with Crippen LogP contribution < -0.4 is 15.4 Å². The molecule has 0 radical (unpaired) electrons. The van der Waals surface area contributed by atoms with E-state index in [1.807, 2.05) is 6.92 Å². The molecular weight excluding hydrogens is 242 g/mol. The molecule has 2 rings (SSSR count). The lowest BCUT2D eigenvalue weighted by molar-refractivity contribution is 0.312. The predicted molar refractivity (Wildman–Crippen MR) is 75.5 cm³/mol. The second kappa shape index (κ2) is 6.54. The van der Waals surface area contributed by atoms with Crippen molar-refractivity contribution in [2.45, 2.75) is 33.1 Å². The molecule has 0 saturated heterocycles. The Bertz CT molecular complexity index is 412. The van der Waals surface area contributed by atoms with Crippen LogP contribution in [-0.4, -0.2) is 35.2 Å². The van der Waals surface area contributed by atoms with Crippen molar-refractivity contribution in [3.63, 3.8) is 0 Å². The van der Waals surface area contributed by atoms with E-state index in [0.717, 1.165) is 12.5 Å². The summed E-state index contributed by atoms with van der Waals surface area (Å²) in [5, 5.41) is 6.23. The van der Waals surface area contributed by atoms with Gasteiger partial charge in [-0.3, -0.25) is 0 Å². The molecule has 0 bridgehead atoms. The first-order valence-corrected chi connectivity index (χ1v) is 7.03. The van der Waals surface area contributed by atoms with Gasteiger partial charge in [0.05, 0.1) is 6.61 Å². The third kappa shape index (κ3) is 3.68. The number of nitrogens with zero attached hydrogens (tertiary/aromatic N) is 3. The minimum atomic E-state index is 0.365. The standard InChI is InChI=1S/C13H23N5O/c1-4-19-13-17-11(14-3)16-12(18-13)15-8-10-7-5-6-9(10)2/h9-10H,4-8H2,1-3H3,(H2,14,15,16,17,18). The summed E-state index contributed by atoms with van der Waals surface area (Å²) in [6, 6.07) is 0.365. The van der Waals surface area contributed by atoms with E-state index in [-0.39, 0.29) is 0 Å². The number of nitrogens with one attached hydrogen (secondary N) is 2. The van der Waals surface area contributed by atoms with Crippen LogP contribution >= 0.6 is 0 Å². The molecule has 0 aromatic carbocycles. The Labute approximate surface area is 114 Å². The highest BCUT2D eigenvalue weighted by molar-refractivity contribution is 5.35. The lowest BCUT2D eigenvalue weighted by Crippen LogP contribution is -2.18. The zero-order valence-corrected chi connectivity index (χ0v) is 11.9. The average Bonchev–Trinajstić information content (AvgIpc) is 2.82. The maximum Gasteiger partial charge on any atom is 0.323 e. The van der Waals surface area contributed by atoms with Crippen LogP contribution in [-0.2, 0) is 0 Å². The second-order valence-corrected chi connectivity index (χ2v) is 5.00. The van der Waals surface area contributed by atoms with Crippen molar-refractivity contribution >= 4 is 11.9 Å². The van der Waals surface area contributed by atoms with Gasteiger partial charge in [0, 0.05) is 13.6 Å². The minimum Gasteiger partial charge on any atom is -0.464 e. The summed E-state index contributed by atoms with van der Waals surface area (Å²) in [5.41, 5.74) is 0. The molecule has 1 aliphatic carbocycles. The van der Waals surface area contributed by atoms with Crippen molar-refractivity contribution < 1.29 is 4.74 Å². The first-order chi connectivity index (χ1) is 9.22. The van der Waals surface area contributed by atoms with E-state index in [0.29, 0.717) is 30.4 Å².